The van der Waals surface area contributed by atoms with E-state index in [4.69, 9.17) is 72.6 Å². The van der Waals surface area contributed by atoms with Crippen LogP contribution in [0.4, 0.5) is 0 Å². The molecule has 1 saturated heterocycles. The molecule has 4 N–H and O–H groups in total. The van der Waals surface area contributed by atoms with E-state index in [-0.39, 0.29) is 30.9 Å². The zero-order chi connectivity index (χ0) is 18.3. The van der Waals surface area contributed by atoms with Crippen LogP contribution in [-0.2, 0) is 9.53 Å². The number of carbonyl (C=O) groups is 1. The van der Waals surface area contributed by atoms with Crippen LogP contribution in [0.25, 0.3) is 0 Å². The topological polar surface area (TPSA) is 116 Å². The summed E-state index contributed by atoms with van der Waals surface area (Å²) in [7, 11) is 0. The van der Waals surface area contributed by atoms with E-state index in [1.807, 2.05) is 0 Å². The number of halogens is 5. The highest BCUT2D eigenvalue weighted by molar-refractivity contribution is 6.55. The molecule has 0 aliphatic carbocycles. The quantitative estimate of drug-likeness (QED) is 0.419. The third-order valence-electron chi connectivity index (χ3n) is 3.22. The van der Waals surface area contributed by atoms with Crippen molar-refractivity contribution in [3.05, 3.63) is 25.1 Å². The molecular formula is C12H9Cl5O7. The lowest BCUT2D eigenvalue weighted by molar-refractivity contribution is -0.271. The van der Waals surface area contributed by atoms with E-state index < -0.39 is 36.7 Å². The molecule has 5 atom stereocenters. The molecular weight excluding hydrogens is 433 g/mol. The van der Waals surface area contributed by atoms with Gasteiger partial charge in [0.2, 0.25) is 6.29 Å². The highest BCUT2D eigenvalue weighted by atomic mass is 35.5. The lowest BCUT2D eigenvalue weighted by Crippen LogP contribution is -2.61. The average molecular weight is 442 g/mol. The second-order valence-electron chi connectivity index (χ2n) is 4.75. The number of carboxylic acid groups (broad SMARTS) is 1. The maximum atomic E-state index is 11.1. The summed E-state index contributed by atoms with van der Waals surface area (Å²) in [6.45, 7) is 0. The van der Waals surface area contributed by atoms with Gasteiger partial charge in [0.25, 0.3) is 0 Å². The van der Waals surface area contributed by atoms with Gasteiger partial charge in [0, 0.05) is 0 Å². The molecule has 0 bridgehead atoms. The molecule has 0 aromatic heterocycles. The molecule has 0 amide bonds. The van der Waals surface area contributed by atoms with Gasteiger partial charge in [-0.3, -0.25) is 0 Å². The molecule has 7 nitrogen and oxygen atoms in total. The fourth-order valence-electron chi connectivity index (χ4n) is 1.95. The van der Waals surface area contributed by atoms with Crippen molar-refractivity contribution in [3.63, 3.8) is 0 Å². The predicted molar refractivity (Wildman–Crippen MR) is 86.4 cm³/mol. The van der Waals surface area contributed by atoms with Crippen LogP contribution in [0.2, 0.25) is 25.1 Å². The number of rotatable bonds is 3. The van der Waals surface area contributed by atoms with Crippen molar-refractivity contribution in [2.24, 2.45) is 0 Å². The first kappa shape index (κ1) is 20.1. The van der Waals surface area contributed by atoms with Crippen LogP contribution in [-0.4, -0.2) is 57.1 Å². The number of ether oxygens (including phenoxy) is 2. The van der Waals surface area contributed by atoms with Crippen molar-refractivity contribution >= 4 is 64.0 Å². The Morgan fingerprint density at radius 3 is 1.75 bits per heavy atom. The zero-order valence-electron chi connectivity index (χ0n) is 11.3. The lowest BCUT2D eigenvalue weighted by atomic mass is 9.99. The number of aliphatic hydroxyl groups excluding tert-OH is 3. The first-order valence-electron chi connectivity index (χ1n) is 6.18. The summed E-state index contributed by atoms with van der Waals surface area (Å²) in [6.07, 6.45) is -9.13. The van der Waals surface area contributed by atoms with Gasteiger partial charge >= 0.3 is 5.97 Å². The summed E-state index contributed by atoms with van der Waals surface area (Å²) >= 11 is 29.5. The Bertz CT molecular complexity index is 641. The second-order valence-corrected chi connectivity index (χ2v) is 6.64. The van der Waals surface area contributed by atoms with Gasteiger partial charge in [-0.15, -0.1) is 0 Å². The number of benzene rings is 1. The van der Waals surface area contributed by atoms with E-state index in [9.17, 15) is 20.1 Å². The number of hydrogen-bond donors (Lipinski definition) is 4. The Labute approximate surface area is 160 Å². The first-order chi connectivity index (χ1) is 11.1. The Morgan fingerprint density at radius 1 is 0.833 bits per heavy atom. The van der Waals surface area contributed by atoms with Crippen LogP contribution < -0.4 is 4.74 Å². The highest BCUT2D eigenvalue weighted by Gasteiger charge is 2.48. The summed E-state index contributed by atoms with van der Waals surface area (Å²) in [6, 6.07) is 0. The fourth-order valence-corrected chi connectivity index (χ4v) is 3.16. The smallest absolute Gasteiger partial charge is 0.335 e. The summed E-state index contributed by atoms with van der Waals surface area (Å²) in [5.74, 6) is -1.92. The molecule has 0 radical (unpaired) electrons. The zero-order valence-corrected chi connectivity index (χ0v) is 15.1. The van der Waals surface area contributed by atoms with Gasteiger partial charge in [-0.05, 0) is 0 Å². The van der Waals surface area contributed by atoms with Crippen molar-refractivity contribution in [1.82, 2.24) is 0 Å². The molecule has 1 heterocycles. The van der Waals surface area contributed by atoms with E-state index in [1.165, 1.54) is 0 Å². The Morgan fingerprint density at radius 2 is 1.29 bits per heavy atom. The largest absolute Gasteiger partial charge is 0.479 e. The van der Waals surface area contributed by atoms with Crippen LogP contribution in [0.1, 0.15) is 0 Å². The maximum absolute atomic E-state index is 11.1. The molecule has 1 unspecified atom stereocenters. The summed E-state index contributed by atoms with van der Waals surface area (Å²) in [5, 5.41) is 37.2. The molecule has 1 fully saturated rings. The van der Waals surface area contributed by atoms with E-state index in [2.05, 4.69) is 0 Å². The number of hydrogen-bond acceptors (Lipinski definition) is 6. The van der Waals surface area contributed by atoms with Crippen LogP contribution in [0.15, 0.2) is 0 Å². The average Bonchev–Trinajstić information content (AvgIpc) is 2.54. The Hall–Kier alpha value is -0.220. The molecule has 2 rings (SSSR count). The van der Waals surface area contributed by atoms with E-state index in [0.29, 0.717) is 0 Å². The summed E-state index contributed by atoms with van der Waals surface area (Å²) in [4.78, 5) is 11.1. The van der Waals surface area contributed by atoms with Gasteiger partial charge in [-0.1, -0.05) is 58.0 Å². The molecule has 24 heavy (non-hydrogen) atoms. The minimum atomic E-state index is -1.87. The van der Waals surface area contributed by atoms with Crippen molar-refractivity contribution in [3.8, 4) is 5.75 Å². The van der Waals surface area contributed by atoms with Gasteiger partial charge in [0.15, 0.2) is 11.9 Å². The minimum Gasteiger partial charge on any atom is -0.479 e. The maximum Gasteiger partial charge on any atom is 0.335 e. The molecule has 134 valence electrons. The monoisotopic (exact) mass is 440 g/mol. The van der Waals surface area contributed by atoms with E-state index >= 15 is 0 Å². The van der Waals surface area contributed by atoms with Crippen molar-refractivity contribution in [1.29, 1.82) is 0 Å². The van der Waals surface area contributed by atoms with Gasteiger partial charge in [-0.25, -0.2) is 4.79 Å². The van der Waals surface area contributed by atoms with Crippen molar-refractivity contribution in [2.45, 2.75) is 30.7 Å². The van der Waals surface area contributed by atoms with Gasteiger partial charge in [0.05, 0.1) is 15.1 Å². The fraction of sp³-hybridized carbons (Fsp3) is 0.417. The van der Waals surface area contributed by atoms with Crippen molar-refractivity contribution in [2.75, 3.05) is 0 Å². The number of aliphatic hydroxyl groups is 3. The molecule has 1 aromatic carbocycles. The van der Waals surface area contributed by atoms with E-state index in [1.54, 1.807) is 0 Å². The van der Waals surface area contributed by atoms with Crippen LogP contribution in [0.5, 0.6) is 5.75 Å². The molecule has 1 aliphatic rings. The SMILES string of the molecule is O=C(O)[C@H]1OC(Oc2c(Cl)c(Cl)c(Cl)c(Cl)c2Cl)[C@H](O)[C@@H](O)[C@@H]1O. The minimum absolute atomic E-state index is 0.135. The van der Waals surface area contributed by atoms with E-state index in [0.717, 1.165) is 0 Å². The third-order valence-corrected chi connectivity index (χ3v) is 5.46. The second kappa shape index (κ2) is 7.57. The van der Waals surface area contributed by atoms with Gasteiger partial charge < -0.3 is 29.9 Å². The Kier molecular flexibility index (Phi) is 6.34. The van der Waals surface area contributed by atoms with Gasteiger partial charge in [0.1, 0.15) is 28.4 Å². The Balaban J connectivity index is 2.39. The van der Waals surface area contributed by atoms with Crippen molar-refractivity contribution < 1.29 is 34.7 Å². The molecule has 1 aliphatic heterocycles. The number of carboxylic acids is 1. The molecule has 0 spiro atoms. The number of aliphatic carboxylic acids is 1. The summed E-state index contributed by atoms with van der Waals surface area (Å²) < 4.78 is 10.2. The molecule has 12 heteroatoms. The van der Waals surface area contributed by atoms with Crippen LogP contribution in [0.3, 0.4) is 0 Å². The van der Waals surface area contributed by atoms with Crippen LogP contribution in [0, 0.1) is 0 Å². The highest BCUT2D eigenvalue weighted by Crippen LogP contribution is 2.48. The lowest BCUT2D eigenvalue weighted by Gasteiger charge is -2.38. The standard InChI is InChI=1S/C12H9Cl5O7/c13-1-2(14)4(16)9(5(17)3(1)15)23-12-8(20)6(18)7(19)10(24-12)11(21)22/h6-8,10,12,18-20H,(H,21,22)/t6-,7-,8+,10-,12?/m0/s1. The van der Waals surface area contributed by atoms with Crippen LogP contribution >= 0.6 is 58.0 Å². The summed E-state index contributed by atoms with van der Waals surface area (Å²) in [5.41, 5.74) is 0. The molecule has 0 saturated carbocycles. The normalized spacial score (nSPS) is 30.2. The predicted octanol–water partition coefficient (Wildman–Crippen LogP) is 2.22. The first-order valence-corrected chi connectivity index (χ1v) is 8.07. The molecule has 1 aromatic rings. The third kappa shape index (κ3) is 3.51. The van der Waals surface area contributed by atoms with Gasteiger partial charge in [-0.2, -0.15) is 0 Å².